The third-order valence-electron chi connectivity index (χ3n) is 2.79. The van der Waals surface area contributed by atoms with Crippen molar-refractivity contribution < 1.29 is 28.9 Å². The first-order chi connectivity index (χ1) is 9.96. The highest BCUT2D eigenvalue weighted by Gasteiger charge is 2.12. The summed E-state index contributed by atoms with van der Waals surface area (Å²) in [6, 6.07) is 5.40. The Morgan fingerprint density at radius 2 is 1.76 bits per heavy atom. The minimum atomic E-state index is -1.13. The van der Waals surface area contributed by atoms with Crippen LogP contribution in [0.3, 0.4) is 0 Å². The van der Waals surface area contributed by atoms with Crippen LogP contribution < -0.4 is 14.8 Å². The highest BCUT2D eigenvalue weighted by atomic mass is 16.5. The van der Waals surface area contributed by atoms with Gasteiger partial charge < -0.3 is 24.6 Å². The van der Waals surface area contributed by atoms with Gasteiger partial charge >= 0.3 is 12.1 Å². The fourth-order valence-corrected chi connectivity index (χ4v) is 1.61. The first kappa shape index (κ1) is 16.6. The van der Waals surface area contributed by atoms with Gasteiger partial charge in [0.1, 0.15) is 18.0 Å². The number of alkyl carbamates (subject to hydrolysis) is 1. The number of carboxylic acids is 1. The molecule has 21 heavy (non-hydrogen) atoms. The smallest absolute Gasteiger partial charge is 0.407 e. The number of benzene rings is 1. The van der Waals surface area contributed by atoms with Gasteiger partial charge in [-0.15, -0.1) is 0 Å². The summed E-state index contributed by atoms with van der Waals surface area (Å²) in [7, 11) is 3.11. The van der Waals surface area contributed by atoms with Crippen LogP contribution in [0.15, 0.2) is 18.2 Å². The molecule has 0 aliphatic carbocycles. The monoisotopic (exact) mass is 297 g/mol. The van der Waals surface area contributed by atoms with Gasteiger partial charge in [-0.3, -0.25) is 4.79 Å². The van der Waals surface area contributed by atoms with Crippen molar-refractivity contribution in [1.29, 1.82) is 0 Å². The van der Waals surface area contributed by atoms with Crippen LogP contribution in [-0.4, -0.2) is 44.5 Å². The van der Waals surface area contributed by atoms with Gasteiger partial charge in [-0.1, -0.05) is 6.92 Å². The number of nitrogens with one attached hydrogen (secondary N) is 1. The summed E-state index contributed by atoms with van der Waals surface area (Å²) >= 11 is 0. The van der Waals surface area contributed by atoms with E-state index in [4.69, 9.17) is 19.3 Å². The predicted octanol–water partition coefficient (Wildman–Crippen LogP) is 1.62. The van der Waals surface area contributed by atoms with Crippen molar-refractivity contribution in [1.82, 2.24) is 5.32 Å². The number of hydrogen-bond donors (Lipinski definition) is 2. The summed E-state index contributed by atoms with van der Waals surface area (Å²) < 4.78 is 15.3. The highest BCUT2D eigenvalue weighted by molar-refractivity contribution is 5.76. The van der Waals surface area contributed by atoms with E-state index >= 15 is 0 Å². The molecule has 1 unspecified atom stereocenters. The zero-order valence-electron chi connectivity index (χ0n) is 12.2. The number of amides is 1. The number of rotatable bonds is 7. The molecule has 0 aliphatic rings. The van der Waals surface area contributed by atoms with Crippen LogP contribution in [0.4, 0.5) is 4.79 Å². The van der Waals surface area contributed by atoms with E-state index in [0.717, 1.165) is 5.56 Å². The van der Waals surface area contributed by atoms with Crippen LogP contribution in [0.25, 0.3) is 0 Å². The fraction of sp³-hybridized carbons (Fsp3) is 0.429. The maximum Gasteiger partial charge on any atom is 0.407 e. The minimum Gasteiger partial charge on any atom is -0.497 e. The van der Waals surface area contributed by atoms with E-state index in [1.54, 1.807) is 20.3 Å². The van der Waals surface area contributed by atoms with Crippen LogP contribution in [0.5, 0.6) is 11.5 Å². The number of ether oxygens (including phenoxy) is 3. The van der Waals surface area contributed by atoms with Gasteiger partial charge in [0.2, 0.25) is 0 Å². The van der Waals surface area contributed by atoms with Crippen molar-refractivity contribution in [2.24, 2.45) is 0 Å². The van der Waals surface area contributed by atoms with E-state index in [2.05, 4.69) is 5.32 Å². The Morgan fingerprint density at radius 1 is 1.19 bits per heavy atom. The average molecular weight is 297 g/mol. The summed E-state index contributed by atoms with van der Waals surface area (Å²) in [5, 5.41) is 10.6. The van der Waals surface area contributed by atoms with E-state index in [0.29, 0.717) is 11.5 Å². The number of hydrogen-bond acceptors (Lipinski definition) is 5. The molecule has 1 rings (SSSR count). The SMILES string of the molecule is COc1cc(OC)cc(C(C)COC(=O)NCC(=O)O)c1. The lowest BCUT2D eigenvalue weighted by atomic mass is 10.0. The van der Waals surface area contributed by atoms with Gasteiger partial charge in [-0.05, 0) is 17.7 Å². The Morgan fingerprint density at radius 3 is 2.24 bits per heavy atom. The number of aliphatic carboxylic acids is 1. The van der Waals surface area contributed by atoms with Crippen molar-refractivity contribution in [3.63, 3.8) is 0 Å². The second-order valence-electron chi connectivity index (χ2n) is 4.39. The van der Waals surface area contributed by atoms with Crippen LogP contribution in [0.2, 0.25) is 0 Å². The van der Waals surface area contributed by atoms with E-state index < -0.39 is 18.6 Å². The molecule has 2 N–H and O–H groups in total. The fourth-order valence-electron chi connectivity index (χ4n) is 1.61. The summed E-state index contributed by atoms with van der Waals surface area (Å²) in [5.74, 6) is 0.0696. The molecule has 0 aromatic heterocycles. The molecule has 0 bridgehead atoms. The zero-order chi connectivity index (χ0) is 15.8. The van der Waals surface area contributed by atoms with Crippen molar-refractivity contribution in [2.45, 2.75) is 12.8 Å². The largest absolute Gasteiger partial charge is 0.497 e. The molecule has 0 spiro atoms. The van der Waals surface area contributed by atoms with Gasteiger partial charge in [-0.2, -0.15) is 0 Å². The molecule has 1 aromatic rings. The Kier molecular flexibility index (Phi) is 6.32. The van der Waals surface area contributed by atoms with Crippen molar-refractivity contribution in [2.75, 3.05) is 27.4 Å². The maximum absolute atomic E-state index is 11.3. The topological polar surface area (TPSA) is 94.1 Å². The summed E-state index contributed by atoms with van der Waals surface area (Å²) in [5.41, 5.74) is 0.886. The van der Waals surface area contributed by atoms with Crippen LogP contribution in [0, 0.1) is 0 Å². The first-order valence-corrected chi connectivity index (χ1v) is 6.31. The molecule has 0 aliphatic heterocycles. The lowest BCUT2D eigenvalue weighted by Gasteiger charge is -2.15. The molecule has 0 saturated heterocycles. The van der Waals surface area contributed by atoms with Gasteiger partial charge in [0, 0.05) is 12.0 Å². The summed E-state index contributed by atoms with van der Waals surface area (Å²) in [6.07, 6.45) is -0.765. The van der Waals surface area contributed by atoms with E-state index in [9.17, 15) is 9.59 Å². The Labute approximate surface area is 122 Å². The molecule has 7 nitrogen and oxygen atoms in total. The third-order valence-corrected chi connectivity index (χ3v) is 2.79. The van der Waals surface area contributed by atoms with Gasteiger partial charge in [-0.25, -0.2) is 4.79 Å². The van der Waals surface area contributed by atoms with Gasteiger partial charge in [0.15, 0.2) is 0 Å². The number of carbonyl (C=O) groups is 2. The van der Waals surface area contributed by atoms with Crippen molar-refractivity contribution >= 4 is 12.1 Å². The second kappa shape index (κ2) is 7.98. The quantitative estimate of drug-likeness (QED) is 0.794. The molecule has 0 saturated carbocycles. The lowest BCUT2D eigenvalue weighted by molar-refractivity contribution is -0.135. The highest BCUT2D eigenvalue weighted by Crippen LogP contribution is 2.27. The Balaban J connectivity index is 2.60. The van der Waals surface area contributed by atoms with Crippen LogP contribution in [-0.2, 0) is 9.53 Å². The van der Waals surface area contributed by atoms with Crippen LogP contribution in [0.1, 0.15) is 18.4 Å². The normalized spacial score (nSPS) is 11.4. The molecular weight excluding hydrogens is 278 g/mol. The molecule has 1 aromatic carbocycles. The zero-order valence-corrected chi connectivity index (χ0v) is 12.2. The van der Waals surface area contributed by atoms with E-state index in [1.165, 1.54) is 0 Å². The molecule has 7 heteroatoms. The average Bonchev–Trinajstić information content (AvgIpc) is 2.49. The minimum absolute atomic E-state index is 0.0930. The third kappa shape index (κ3) is 5.60. The molecule has 0 radical (unpaired) electrons. The number of carbonyl (C=O) groups excluding carboxylic acids is 1. The molecular formula is C14H19NO6. The Bertz CT molecular complexity index is 480. The summed E-state index contributed by atoms with van der Waals surface area (Å²) in [4.78, 5) is 21.6. The second-order valence-corrected chi connectivity index (χ2v) is 4.39. The molecule has 116 valence electrons. The van der Waals surface area contributed by atoms with E-state index in [1.807, 2.05) is 19.1 Å². The number of carboxylic acid groups (broad SMARTS) is 1. The lowest BCUT2D eigenvalue weighted by Crippen LogP contribution is -2.30. The van der Waals surface area contributed by atoms with Crippen molar-refractivity contribution in [3.05, 3.63) is 23.8 Å². The first-order valence-electron chi connectivity index (χ1n) is 6.31. The standard InChI is InChI=1S/C14H19NO6/c1-9(8-21-14(18)15-7-13(16)17)10-4-11(19-2)6-12(5-10)20-3/h4-6,9H,7-8H2,1-3H3,(H,15,18)(H,16,17). The van der Waals surface area contributed by atoms with Gasteiger partial charge in [0.25, 0.3) is 0 Å². The maximum atomic E-state index is 11.3. The molecule has 1 amide bonds. The Hall–Kier alpha value is -2.44. The van der Waals surface area contributed by atoms with Crippen LogP contribution >= 0.6 is 0 Å². The molecule has 0 heterocycles. The summed E-state index contributed by atoms with van der Waals surface area (Å²) in [6.45, 7) is 1.51. The molecule has 1 atom stereocenters. The van der Waals surface area contributed by atoms with E-state index in [-0.39, 0.29) is 12.5 Å². The predicted molar refractivity (Wildman–Crippen MR) is 74.9 cm³/mol. The molecule has 0 fully saturated rings. The van der Waals surface area contributed by atoms with Crippen molar-refractivity contribution in [3.8, 4) is 11.5 Å². The number of methoxy groups -OCH3 is 2. The van der Waals surface area contributed by atoms with Gasteiger partial charge in [0.05, 0.1) is 20.8 Å².